The van der Waals surface area contributed by atoms with E-state index in [-0.39, 0.29) is 17.6 Å². The van der Waals surface area contributed by atoms with Gasteiger partial charge in [-0.25, -0.2) is 4.98 Å². The van der Waals surface area contributed by atoms with Gasteiger partial charge in [0.15, 0.2) is 12.2 Å². The SMILES string of the molecule is CN1C(=N)N[C@](CCC2CCCCC2)(C[C@H]2CCC[C@@H](NC(=O)c3cccnc3F)C2)C1O. The Balaban J connectivity index is 1.40. The second kappa shape index (κ2) is 10.4. The van der Waals surface area contributed by atoms with Gasteiger partial charge in [-0.15, -0.1) is 0 Å². The molecular formula is C25H38FN5O2. The lowest BCUT2D eigenvalue weighted by Gasteiger charge is -2.40. The summed E-state index contributed by atoms with van der Waals surface area (Å²) in [7, 11) is 1.77. The topological polar surface area (TPSA) is 101 Å². The third-order valence-corrected chi connectivity index (χ3v) is 8.08. The van der Waals surface area contributed by atoms with Gasteiger partial charge in [-0.05, 0) is 56.1 Å². The van der Waals surface area contributed by atoms with Crippen LogP contribution in [0, 0.1) is 23.2 Å². The molecule has 4 rings (SSSR count). The van der Waals surface area contributed by atoms with Crippen LogP contribution in [0.2, 0.25) is 0 Å². The van der Waals surface area contributed by atoms with Crippen LogP contribution in [0.4, 0.5) is 4.39 Å². The van der Waals surface area contributed by atoms with Gasteiger partial charge in [-0.3, -0.25) is 10.2 Å². The number of nitrogens with one attached hydrogen (secondary N) is 3. The molecule has 1 saturated heterocycles. The minimum atomic E-state index is -0.746. The zero-order chi connectivity index (χ0) is 23.4. The van der Waals surface area contributed by atoms with E-state index < -0.39 is 23.6 Å². The lowest BCUT2D eigenvalue weighted by molar-refractivity contribution is -0.00490. The second-order valence-electron chi connectivity index (χ2n) is 10.4. The van der Waals surface area contributed by atoms with Gasteiger partial charge in [0.1, 0.15) is 0 Å². The number of aliphatic hydroxyl groups is 1. The highest BCUT2D eigenvalue weighted by molar-refractivity contribution is 5.94. The molecule has 1 amide bonds. The van der Waals surface area contributed by atoms with Crippen LogP contribution in [0.5, 0.6) is 0 Å². The molecule has 0 bridgehead atoms. The van der Waals surface area contributed by atoms with E-state index in [0.29, 0.717) is 11.8 Å². The van der Waals surface area contributed by atoms with E-state index in [4.69, 9.17) is 5.41 Å². The molecule has 1 aromatic rings. The van der Waals surface area contributed by atoms with Crippen LogP contribution in [0.25, 0.3) is 0 Å². The molecule has 182 valence electrons. The number of rotatable bonds is 7. The van der Waals surface area contributed by atoms with E-state index in [1.807, 2.05) is 0 Å². The molecule has 0 spiro atoms. The van der Waals surface area contributed by atoms with Gasteiger partial charge in [0.25, 0.3) is 5.91 Å². The number of nitrogens with zero attached hydrogens (tertiary/aromatic N) is 2. The highest BCUT2D eigenvalue weighted by Crippen LogP contribution is 2.40. The van der Waals surface area contributed by atoms with Crippen molar-refractivity contribution in [1.29, 1.82) is 5.41 Å². The third kappa shape index (κ3) is 5.48. The Hall–Kier alpha value is -2.22. The maximum absolute atomic E-state index is 13.9. The van der Waals surface area contributed by atoms with Crippen LogP contribution in [-0.4, -0.2) is 51.7 Å². The third-order valence-electron chi connectivity index (χ3n) is 8.08. The smallest absolute Gasteiger partial charge is 0.256 e. The van der Waals surface area contributed by atoms with Crippen molar-refractivity contribution in [2.45, 2.75) is 94.9 Å². The van der Waals surface area contributed by atoms with Gasteiger partial charge in [0.2, 0.25) is 5.95 Å². The number of carbonyl (C=O) groups excluding carboxylic acids is 1. The molecule has 1 aromatic heterocycles. The van der Waals surface area contributed by atoms with Gasteiger partial charge in [-0.2, -0.15) is 4.39 Å². The van der Waals surface area contributed by atoms with Crippen LogP contribution >= 0.6 is 0 Å². The molecule has 8 heteroatoms. The summed E-state index contributed by atoms with van der Waals surface area (Å²) in [5.41, 5.74) is -0.554. The standard InChI is InChI=1S/C25H38FN5O2/c1-31-23(33)25(30-24(31)27,13-12-17-7-3-2-4-8-17)16-18-9-5-10-19(15-18)29-22(32)20-11-6-14-28-21(20)26/h6,11,14,17-19,23,33H,2-5,7-10,12-13,15-16H2,1H3,(H2,27,30)(H,29,32)/t18-,19+,23?,25+/m0/s1. The summed E-state index contributed by atoms with van der Waals surface area (Å²) in [5, 5.41) is 25.8. The lowest BCUT2D eigenvalue weighted by Crippen LogP contribution is -2.52. The van der Waals surface area contributed by atoms with Crippen LogP contribution < -0.4 is 10.6 Å². The number of hydrogen-bond acceptors (Lipinski definition) is 4. The summed E-state index contributed by atoms with van der Waals surface area (Å²) in [6.45, 7) is 0. The molecule has 0 aromatic carbocycles. The van der Waals surface area contributed by atoms with Gasteiger partial charge in [0, 0.05) is 19.3 Å². The zero-order valence-corrected chi connectivity index (χ0v) is 19.7. The molecule has 3 aliphatic rings. The molecule has 1 aliphatic heterocycles. The van der Waals surface area contributed by atoms with Gasteiger partial charge < -0.3 is 20.6 Å². The van der Waals surface area contributed by atoms with Gasteiger partial charge in [-0.1, -0.05) is 44.9 Å². The quantitative estimate of drug-likeness (QED) is 0.465. The molecule has 1 unspecified atom stereocenters. The van der Waals surface area contributed by atoms with E-state index in [1.54, 1.807) is 18.0 Å². The summed E-state index contributed by atoms with van der Waals surface area (Å²) in [6.07, 6.45) is 13.4. The zero-order valence-electron chi connectivity index (χ0n) is 19.7. The largest absolute Gasteiger partial charge is 0.371 e. The average Bonchev–Trinajstić information content (AvgIpc) is 3.02. The summed E-state index contributed by atoms with van der Waals surface area (Å²) in [5.74, 6) is 0.134. The Kier molecular flexibility index (Phi) is 7.51. The number of hydrogen-bond donors (Lipinski definition) is 4. The predicted octanol–water partition coefficient (Wildman–Crippen LogP) is 3.79. The molecular weight excluding hydrogens is 421 g/mol. The maximum Gasteiger partial charge on any atom is 0.256 e. The first-order chi connectivity index (χ1) is 15.9. The Morgan fingerprint density at radius 3 is 2.73 bits per heavy atom. The van der Waals surface area contributed by atoms with Crippen LogP contribution in [0.1, 0.15) is 87.4 Å². The highest BCUT2D eigenvalue weighted by atomic mass is 19.1. The fourth-order valence-electron chi connectivity index (χ4n) is 6.21. The Morgan fingerprint density at radius 2 is 2.03 bits per heavy atom. The van der Waals surface area contributed by atoms with E-state index in [0.717, 1.165) is 44.9 Å². The lowest BCUT2D eigenvalue weighted by atomic mass is 9.73. The van der Waals surface area contributed by atoms with Crippen LogP contribution in [0.15, 0.2) is 18.3 Å². The first-order valence-electron chi connectivity index (χ1n) is 12.6. The van der Waals surface area contributed by atoms with E-state index >= 15 is 0 Å². The number of amides is 1. The fraction of sp³-hybridized carbons (Fsp3) is 0.720. The second-order valence-corrected chi connectivity index (χ2v) is 10.4. The number of halogens is 1. The van der Waals surface area contributed by atoms with Crippen molar-refractivity contribution < 1.29 is 14.3 Å². The molecule has 2 aliphatic carbocycles. The average molecular weight is 460 g/mol. The number of likely N-dealkylation sites (N-methyl/N-ethyl adjacent to an activating group) is 1. The van der Waals surface area contributed by atoms with Gasteiger partial charge >= 0.3 is 0 Å². The van der Waals surface area contributed by atoms with Crippen molar-refractivity contribution in [3.05, 3.63) is 29.8 Å². The molecule has 2 saturated carbocycles. The van der Waals surface area contributed by atoms with Crippen molar-refractivity contribution in [2.24, 2.45) is 11.8 Å². The first kappa shape index (κ1) is 23.9. The van der Waals surface area contributed by atoms with Crippen molar-refractivity contribution in [2.75, 3.05) is 7.05 Å². The van der Waals surface area contributed by atoms with E-state index in [1.165, 1.54) is 44.4 Å². The monoisotopic (exact) mass is 459 g/mol. The number of aromatic nitrogens is 1. The van der Waals surface area contributed by atoms with Crippen molar-refractivity contribution >= 4 is 11.9 Å². The minimum absolute atomic E-state index is 0.0217. The Labute approximate surface area is 196 Å². The molecule has 4 atom stereocenters. The summed E-state index contributed by atoms with van der Waals surface area (Å²) in [6, 6.07) is 3.00. The van der Waals surface area contributed by atoms with E-state index in [2.05, 4.69) is 15.6 Å². The molecule has 7 nitrogen and oxygen atoms in total. The first-order valence-corrected chi connectivity index (χ1v) is 12.6. The number of carbonyl (C=O) groups is 1. The van der Waals surface area contributed by atoms with Crippen LogP contribution in [0.3, 0.4) is 0 Å². The number of pyridine rings is 1. The number of aliphatic hydroxyl groups excluding tert-OH is 1. The Bertz CT molecular complexity index is 846. The van der Waals surface area contributed by atoms with E-state index in [9.17, 15) is 14.3 Å². The van der Waals surface area contributed by atoms with Crippen molar-refractivity contribution in [3.8, 4) is 0 Å². The number of guanidine groups is 1. The Morgan fingerprint density at radius 1 is 1.27 bits per heavy atom. The van der Waals surface area contributed by atoms with Crippen LogP contribution in [-0.2, 0) is 0 Å². The fourth-order valence-corrected chi connectivity index (χ4v) is 6.21. The molecule has 4 N–H and O–H groups in total. The molecule has 2 heterocycles. The highest BCUT2D eigenvalue weighted by Gasteiger charge is 2.49. The maximum atomic E-state index is 13.9. The minimum Gasteiger partial charge on any atom is -0.371 e. The molecule has 0 radical (unpaired) electrons. The van der Waals surface area contributed by atoms with Gasteiger partial charge in [0.05, 0.1) is 11.1 Å². The van der Waals surface area contributed by atoms with Crippen molar-refractivity contribution in [1.82, 2.24) is 20.5 Å². The molecule has 33 heavy (non-hydrogen) atoms. The van der Waals surface area contributed by atoms with Crippen molar-refractivity contribution in [3.63, 3.8) is 0 Å². The summed E-state index contributed by atoms with van der Waals surface area (Å²) < 4.78 is 13.9. The predicted molar refractivity (Wildman–Crippen MR) is 125 cm³/mol. The summed E-state index contributed by atoms with van der Waals surface area (Å²) in [4.78, 5) is 17.8. The summed E-state index contributed by atoms with van der Waals surface area (Å²) >= 11 is 0. The molecule has 3 fully saturated rings. The normalized spacial score (nSPS) is 30.8.